The van der Waals surface area contributed by atoms with Crippen molar-refractivity contribution in [2.75, 3.05) is 27.7 Å². The van der Waals surface area contributed by atoms with Gasteiger partial charge in [0, 0.05) is 20.8 Å². The van der Waals surface area contributed by atoms with E-state index in [1.807, 2.05) is 0 Å². The molecule has 0 saturated heterocycles. The average molecular weight is 237 g/mol. The molecule has 96 valence electrons. The maximum atomic E-state index is 5.14. The summed E-state index contributed by atoms with van der Waals surface area (Å²) in [6.45, 7) is 6.42. The molecule has 0 unspecified atom stereocenters. The van der Waals surface area contributed by atoms with Gasteiger partial charge < -0.3 is 9.47 Å². The van der Waals surface area contributed by atoms with Crippen LogP contribution in [0.3, 0.4) is 0 Å². The third-order valence-corrected chi connectivity index (χ3v) is 2.68. The van der Waals surface area contributed by atoms with Crippen LogP contribution in [0.5, 0.6) is 0 Å². The van der Waals surface area contributed by atoms with Crippen LogP contribution in [0.2, 0.25) is 0 Å². The first kappa shape index (κ1) is 14.2. The SMILES string of the molecule is COCN(COC)Cc1ccc(C(C)C)cc1. The summed E-state index contributed by atoms with van der Waals surface area (Å²) >= 11 is 0. The van der Waals surface area contributed by atoms with Crippen LogP contribution < -0.4 is 0 Å². The molecule has 0 N–H and O–H groups in total. The molecule has 0 aliphatic carbocycles. The van der Waals surface area contributed by atoms with Crippen molar-refractivity contribution >= 4 is 0 Å². The molecule has 0 fully saturated rings. The Hall–Kier alpha value is -0.900. The van der Waals surface area contributed by atoms with E-state index < -0.39 is 0 Å². The van der Waals surface area contributed by atoms with Crippen molar-refractivity contribution in [2.45, 2.75) is 26.3 Å². The van der Waals surface area contributed by atoms with Crippen LogP contribution in [0, 0.1) is 0 Å². The molecule has 0 bridgehead atoms. The van der Waals surface area contributed by atoms with Gasteiger partial charge >= 0.3 is 0 Å². The summed E-state index contributed by atoms with van der Waals surface area (Å²) in [6.07, 6.45) is 0. The number of hydrogen-bond donors (Lipinski definition) is 0. The summed E-state index contributed by atoms with van der Waals surface area (Å²) < 4.78 is 10.3. The number of nitrogens with zero attached hydrogens (tertiary/aromatic N) is 1. The van der Waals surface area contributed by atoms with Gasteiger partial charge in [0.2, 0.25) is 0 Å². The molecular formula is C14H23NO2. The molecule has 0 radical (unpaired) electrons. The molecule has 1 aromatic rings. The molecule has 3 nitrogen and oxygen atoms in total. The van der Waals surface area contributed by atoms with Crippen molar-refractivity contribution in [2.24, 2.45) is 0 Å². The number of benzene rings is 1. The van der Waals surface area contributed by atoms with Gasteiger partial charge in [0.1, 0.15) is 13.5 Å². The van der Waals surface area contributed by atoms with E-state index in [-0.39, 0.29) is 0 Å². The molecule has 3 heteroatoms. The Morgan fingerprint density at radius 2 is 1.53 bits per heavy atom. The quantitative estimate of drug-likeness (QED) is 0.681. The topological polar surface area (TPSA) is 21.7 Å². The smallest absolute Gasteiger partial charge is 0.101 e. The Kier molecular flexibility index (Phi) is 6.19. The lowest BCUT2D eigenvalue weighted by atomic mass is 10.0. The largest absolute Gasteiger partial charge is 0.369 e. The van der Waals surface area contributed by atoms with E-state index in [4.69, 9.17) is 9.47 Å². The number of methoxy groups -OCH3 is 2. The van der Waals surface area contributed by atoms with Crippen LogP contribution in [0.4, 0.5) is 0 Å². The number of ether oxygens (including phenoxy) is 2. The number of hydrogen-bond acceptors (Lipinski definition) is 3. The minimum absolute atomic E-state index is 0.582. The third-order valence-electron chi connectivity index (χ3n) is 2.68. The van der Waals surface area contributed by atoms with Crippen LogP contribution in [-0.4, -0.2) is 32.6 Å². The van der Waals surface area contributed by atoms with E-state index in [9.17, 15) is 0 Å². The first-order valence-corrected chi connectivity index (χ1v) is 5.96. The van der Waals surface area contributed by atoms with Crippen LogP contribution >= 0.6 is 0 Å². The van der Waals surface area contributed by atoms with Gasteiger partial charge in [-0.1, -0.05) is 38.1 Å². The van der Waals surface area contributed by atoms with E-state index >= 15 is 0 Å². The lowest BCUT2D eigenvalue weighted by Gasteiger charge is -2.20. The summed E-state index contributed by atoms with van der Waals surface area (Å²) in [4.78, 5) is 2.10. The molecule has 0 heterocycles. The number of rotatable bonds is 7. The highest BCUT2D eigenvalue weighted by atomic mass is 16.5. The first-order valence-electron chi connectivity index (χ1n) is 5.96. The lowest BCUT2D eigenvalue weighted by Crippen LogP contribution is -2.27. The molecule has 17 heavy (non-hydrogen) atoms. The summed E-state index contributed by atoms with van der Waals surface area (Å²) in [7, 11) is 3.40. The summed E-state index contributed by atoms with van der Waals surface area (Å²) in [5.74, 6) is 0.582. The zero-order valence-electron chi connectivity index (χ0n) is 11.3. The Bertz CT molecular complexity index is 303. The van der Waals surface area contributed by atoms with Crippen molar-refractivity contribution in [3.05, 3.63) is 35.4 Å². The Balaban J connectivity index is 2.59. The normalized spacial score (nSPS) is 11.4. The van der Waals surface area contributed by atoms with Gasteiger partial charge in [0.05, 0.1) is 0 Å². The highest BCUT2D eigenvalue weighted by Crippen LogP contribution is 2.15. The molecule has 1 aromatic carbocycles. The van der Waals surface area contributed by atoms with E-state index in [1.165, 1.54) is 11.1 Å². The predicted molar refractivity (Wildman–Crippen MR) is 69.8 cm³/mol. The molecule has 0 amide bonds. The zero-order chi connectivity index (χ0) is 12.7. The van der Waals surface area contributed by atoms with Crippen molar-refractivity contribution in [1.29, 1.82) is 0 Å². The van der Waals surface area contributed by atoms with Crippen LogP contribution in [0.25, 0.3) is 0 Å². The van der Waals surface area contributed by atoms with Crippen LogP contribution in [0.15, 0.2) is 24.3 Å². The fourth-order valence-corrected chi connectivity index (χ4v) is 1.76. The van der Waals surface area contributed by atoms with E-state index in [0.29, 0.717) is 19.4 Å². The average Bonchev–Trinajstić information content (AvgIpc) is 2.30. The van der Waals surface area contributed by atoms with Gasteiger partial charge in [0.25, 0.3) is 0 Å². The van der Waals surface area contributed by atoms with Crippen molar-refractivity contribution in [1.82, 2.24) is 4.90 Å². The summed E-state index contributed by atoms with van der Waals surface area (Å²) in [6, 6.07) is 8.73. The standard InChI is InChI=1S/C14H23NO2/c1-12(2)14-7-5-13(6-8-14)9-15(10-16-3)11-17-4/h5-8,12H,9-11H2,1-4H3. The van der Waals surface area contributed by atoms with Gasteiger partial charge in [-0.05, 0) is 17.0 Å². The van der Waals surface area contributed by atoms with E-state index in [2.05, 4.69) is 43.0 Å². The summed E-state index contributed by atoms with van der Waals surface area (Å²) in [5.41, 5.74) is 2.65. The van der Waals surface area contributed by atoms with Crippen molar-refractivity contribution in [3.8, 4) is 0 Å². The van der Waals surface area contributed by atoms with Crippen LogP contribution in [0.1, 0.15) is 30.9 Å². The van der Waals surface area contributed by atoms with Gasteiger partial charge in [-0.15, -0.1) is 0 Å². The minimum Gasteiger partial charge on any atom is -0.369 e. The molecule has 0 saturated carbocycles. The van der Waals surface area contributed by atoms with Gasteiger partial charge in [-0.2, -0.15) is 0 Å². The predicted octanol–water partition coefficient (Wildman–Crippen LogP) is 2.82. The highest BCUT2D eigenvalue weighted by Gasteiger charge is 2.05. The second kappa shape index (κ2) is 7.43. The Morgan fingerprint density at radius 1 is 1.00 bits per heavy atom. The van der Waals surface area contributed by atoms with Gasteiger partial charge in [-0.25, -0.2) is 0 Å². The molecular weight excluding hydrogens is 214 g/mol. The molecule has 0 aliphatic heterocycles. The second-order valence-electron chi connectivity index (χ2n) is 4.56. The van der Waals surface area contributed by atoms with E-state index in [1.54, 1.807) is 14.2 Å². The fraction of sp³-hybridized carbons (Fsp3) is 0.571. The van der Waals surface area contributed by atoms with Crippen LogP contribution in [-0.2, 0) is 16.0 Å². The molecule has 1 rings (SSSR count). The Labute approximate surface area is 104 Å². The maximum Gasteiger partial charge on any atom is 0.101 e. The molecule has 0 spiro atoms. The minimum atomic E-state index is 0.582. The van der Waals surface area contributed by atoms with E-state index in [0.717, 1.165) is 6.54 Å². The Morgan fingerprint density at radius 3 is 1.94 bits per heavy atom. The monoisotopic (exact) mass is 237 g/mol. The lowest BCUT2D eigenvalue weighted by molar-refractivity contribution is -0.0185. The van der Waals surface area contributed by atoms with Gasteiger partial charge in [-0.3, -0.25) is 4.90 Å². The summed E-state index contributed by atoms with van der Waals surface area (Å²) in [5, 5.41) is 0. The van der Waals surface area contributed by atoms with Gasteiger partial charge in [0.15, 0.2) is 0 Å². The molecule has 0 atom stereocenters. The zero-order valence-corrected chi connectivity index (χ0v) is 11.3. The highest BCUT2D eigenvalue weighted by molar-refractivity contribution is 5.24. The maximum absolute atomic E-state index is 5.14. The third kappa shape index (κ3) is 4.86. The molecule has 0 aliphatic rings. The van der Waals surface area contributed by atoms with Crippen molar-refractivity contribution < 1.29 is 9.47 Å². The second-order valence-corrected chi connectivity index (χ2v) is 4.56. The van der Waals surface area contributed by atoms with Crippen molar-refractivity contribution in [3.63, 3.8) is 0 Å². The first-order chi connectivity index (χ1) is 8.17. The molecule has 0 aromatic heterocycles. The fourth-order valence-electron chi connectivity index (χ4n) is 1.76.